The van der Waals surface area contributed by atoms with Crippen LogP contribution in [-0.2, 0) is 20.9 Å². The summed E-state index contributed by atoms with van der Waals surface area (Å²) in [5.74, 6) is -3.27. The van der Waals surface area contributed by atoms with Crippen molar-refractivity contribution in [1.82, 2.24) is 19.5 Å². The Morgan fingerprint density at radius 3 is 2.09 bits per heavy atom. The molecule has 0 spiro atoms. The number of carbonyl (C=O) groups is 2. The number of rotatable bonds is 5. The van der Waals surface area contributed by atoms with Crippen LogP contribution in [0, 0.1) is 0 Å². The molecule has 0 bridgehead atoms. The Morgan fingerprint density at radius 1 is 0.955 bits per heavy atom. The van der Waals surface area contributed by atoms with Crippen molar-refractivity contribution in [3.05, 3.63) is 54.0 Å². The molecule has 1 atom stereocenters. The van der Waals surface area contributed by atoms with E-state index in [2.05, 4.69) is 40.3 Å². The highest BCUT2D eigenvalue weighted by Crippen LogP contribution is 2.27. The summed E-state index contributed by atoms with van der Waals surface area (Å²) in [5.41, 5.74) is 3.43. The van der Waals surface area contributed by atoms with Crippen molar-refractivity contribution in [2.45, 2.75) is 37.7 Å². The summed E-state index contributed by atoms with van der Waals surface area (Å²) in [6, 6.07) is 12.6. The highest BCUT2D eigenvalue weighted by atomic mass is 19.4. The maximum absolute atomic E-state index is 10.6. The van der Waals surface area contributed by atoms with Crippen LogP contribution >= 0.6 is 0 Å². The number of hydrogen-bond donors (Lipinski definition) is 2. The summed E-state index contributed by atoms with van der Waals surface area (Å²) in [6.45, 7) is 6.50. The molecule has 44 heavy (non-hydrogen) atoms. The molecule has 3 aromatic rings. The highest BCUT2D eigenvalue weighted by molar-refractivity contribution is 5.73. The third-order valence-corrected chi connectivity index (χ3v) is 6.63. The molecule has 2 aliphatic heterocycles. The predicted octanol–water partition coefficient (Wildman–Crippen LogP) is 4.22. The van der Waals surface area contributed by atoms with Crippen LogP contribution in [0.4, 0.5) is 32.0 Å². The Morgan fingerprint density at radius 2 is 1.55 bits per heavy atom. The number of ether oxygens (including phenoxy) is 2. The second kappa shape index (κ2) is 15.1. The lowest BCUT2D eigenvalue weighted by molar-refractivity contribution is -0.193. The summed E-state index contributed by atoms with van der Waals surface area (Å²) in [6.07, 6.45) is -5.74. The minimum absolute atomic E-state index is 0.378. The maximum Gasteiger partial charge on any atom is 0.490 e. The van der Waals surface area contributed by atoms with E-state index in [-0.39, 0.29) is 0 Å². The molecule has 0 saturated carbocycles. The van der Waals surface area contributed by atoms with E-state index in [1.54, 1.807) is 7.11 Å². The lowest BCUT2D eigenvalue weighted by Crippen LogP contribution is -2.36. The van der Waals surface area contributed by atoms with Gasteiger partial charge in [0.25, 0.3) is 0 Å². The van der Waals surface area contributed by atoms with E-state index in [0.717, 1.165) is 69.6 Å². The fraction of sp³-hybridized carbons (Fsp3) is 0.481. The van der Waals surface area contributed by atoms with Gasteiger partial charge in [0.15, 0.2) is 11.5 Å². The summed E-state index contributed by atoms with van der Waals surface area (Å²) in [5, 5.41) is 19.1. The van der Waals surface area contributed by atoms with Crippen molar-refractivity contribution in [2.75, 3.05) is 51.4 Å². The molecule has 0 radical (unpaired) electrons. The number of carboxylic acids is 2. The number of halogens is 6. The zero-order valence-corrected chi connectivity index (χ0v) is 23.5. The number of likely N-dealkylation sites (tertiary alicyclic amines) is 1. The first-order valence-corrected chi connectivity index (χ1v) is 13.3. The van der Waals surface area contributed by atoms with Crippen molar-refractivity contribution in [3.8, 4) is 5.75 Å². The van der Waals surface area contributed by atoms with Gasteiger partial charge in [0.1, 0.15) is 5.75 Å². The molecule has 0 aliphatic carbocycles. The Hall–Kier alpha value is -4.12. The van der Waals surface area contributed by atoms with Gasteiger partial charge in [-0.15, -0.1) is 0 Å². The SMILES string of the molecule is COc1ccc(CN2CCCC(c3nc4ccc(N5CCOCC5)cn4n3)C2)cc1.O=C(O)C(F)(F)F.O=C(O)C(F)(F)F. The Bertz CT molecular complexity index is 1350. The lowest BCUT2D eigenvalue weighted by Gasteiger charge is -2.31. The van der Waals surface area contributed by atoms with E-state index in [9.17, 15) is 26.3 Å². The van der Waals surface area contributed by atoms with Crippen LogP contribution in [0.25, 0.3) is 5.65 Å². The molecule has 4 heterocycles. The zero-order valence-electron chi connectivity index (χ0n) is 23.5. The molecule has 5 rings (SSSR count). The number of aromatic nitrogens is 3. The number of anilines is 1. The lowest BCUT2D eigenvalue weighted by atomic mass is 9.97. The molecule has 0 amide bonds. The van der Waals surface area contributed by atoms with Gasteiger partial charge in [0.2, 0.25) is 0 Å². The summed E-state index contributed by atoms with van der Waals surface area (Å²) in [4.78, 5) is 27.5. The molecule has 242 valence electrons. The number of morpholine rings is 1. The van der Waals surface area contributed by atoms with Crippen LogP contribution < -0.4 is 9.64 Å². The number of pyridine rings is 1. The predicted molar refractivity (Wildman–Crippen MR) is 144 cm³/mol. The first-order valence-electron chi connectivity index (χ1n) is 13.3. The number of piperidine rings is 1. The first kappa shape index (κ1) is 34.4. The summed E-state index contributed by atoms with van der Waals surface area (Å²) >= 11 is 0. The average molecular weight is 636 g/mol. The van der Waals surface area contributed by atoms with E-state index in [0.29, 0.717) is 5.92 Å². The van der Waals surface area contributed by atoms with Crippen LogP contribution in [0.2, 0.25) is 0 Å². The van der Waals surface area contributed by atoms with Gasteiger partial charge in [-0.1, -0.05) is 12.1 Å². The van der Waals surface area contributed by atoms with E-state index in [1.165, 1.54) is 17.7 Å². The fourth-order valence-electron chi connectivity index (χ4n) is 4.47. The van der Waals surface area contributed by atoms with Crippen LogP contribution in [-0.4, -0.2) is 101 Å². The Labute approximate surface area is 247 Å². The van der Waals surface area contributed by atoms with Gasteiger partial charge < -0.3 is 24.6 Å². The maximum atomic E-state index is 10.6. The largest absolute Gasteiger partial charge is 0.497 e. The minimum atomic E-state index is -5.08. The molecule has 17 heteroatoms. The van der Waals surface area contributed by atoms with Crippen LogP contribution in [0.1, 0.15) is 30.1 Å². The third-order valence-electron chi connectivity index (χ3n) is 6.63. The van der Waals surface area contributed by atoms with Gasteiger partial charge in [0, 0.05) is 32.1 Å². The Balaban J connectivity index is 0.000000317. The van der Waals surface area contributed by atoms with E-state index >= 15 is 0 Å². The molecule has 1 unspecified atom stereocenters. The number of alkyl halides is 6. The molecule has 2 fully saturated rings. The molecule has 2 saturated heterocycles. The van der Waals surface area contributed by atoms with Gasteiger partial charge in [-0.3, -0.25) is 4.90 Å². The monoisotopic (exact) mass is 635 g/mol. The normalized spacial score (nSPS) is 17.6. The van der Waals surface area contributed by atoms with Crippen molar-refractivity contribution < 1.29 is 55.6 Å². The van der Waals surface area contributed by atoms with Crippen LogP contribution in [0.3, 0.4) is 0 Å². The van der Waals surface area contributed by atoms with Crippen LogP contribution in [0.5, 0.6) is 5.75 Å². The second-order valence-corrected chi connectivity index (χ2v) is 9.79. The first-order chi connectivity index (χ1) is 20.7. The van der Waals surface area contributed by atoms with Gasteiger partial charge in [-0.25, -0.2) is 19.1 Å². The van der Waals surface area contributed by atoms with E-state index < -0.39 is 24.3 Å². The van der Waals surface area contributed by atoms with Gasteiger partial charge in [-0.2, -0.15) is 31.4 Å². The number of benzene rings is 1. The summed E-state index contributed by atoms with van der Waals surface area (Å²) < 4.78 is 76.2. The fourth-order valence-corrected chi connectivity index (χ4v) is 4.47. The van der Waals surface area contributed by atoms with Crippen molar-refractivity contribution in [2.24, 2.45) is 0 Å². The quantitative estimate of drug-likeness (QED) is 0.393. The van der Waals surface area contributed by atoms with E-state index in [4.69, 9.17) is 39.4 Å². The summed E-state index contributed by atoms with van der Waals surface area (Å²) in [7, 11) is 1.70. The van der Waals surface area contributed by atoms with Crippen LogP contribution in [0.15, 0.2) is 42.6 Å². The number of carboxylic acid groups (broad SMARTS) is 2. The van der Waals surface area contributed by atoms with E-state index in [1.807, 2.05) is 16.6 Å². The van der Waals surface area contributed by atoms with Gasteiger partial charge in [0.05, 0.1) is 32.2 Å². The van der Waals surface area contributed by atoms with Gasteiger partial charge in [-0.05, 0) is 49.2 Å². The average Bonchev–Trinajstić information content (AvgIpc) is 3.42. The smallest absolute Gasteiger partial charge is 0.490 e. The zero-order chi connectivity index (χ0) is 32.5. The molecule has 2 aliphatic rings. The number of nitrogens with zero attached hydrogens (tertiary/aromatic N) is 5. The topological polar surface area (TPSA) is 130 Å². The number of fused-ring (bicyclic) bond motifs is 1. The Kier molecular flexibility index (Phi) is 11.8. The number of methoxy groups -OCH3 is 1. The molecular formula is C27H31F6N5O6. The van der Waals surface area contributed by atoms with Crippen molar-refractivity contribution >= 4 is 23.3 Å². The molecule has 11 nitrogen and oxygen atoms in total. The standard InChI is InChI=1S/C23H29N5O2.2C2HF3O2/c1-29-21-7-4-18(5-8-21)15-26-10-2-3-19(16-26)23-24-22-9-6-20(17-28(22)25-23)27-11-13-30-14-12-27;2*3-2(4,5)1(6)7/h4-9,17,19H,2-3,10-16H2,1H3;2*(H,6,7). The molecule has 2 aromatic heterocycles. The molecule has 1 aromatic carbocycles. The third kappa shape index (κ3) is 10.3. The molecule has 2 N–H and O–H groups in total. The van der Waals surface area contributed by atoms with Crippen molar-refractivity contribution in [3.63, 3.8) is 0 Å². The minimum Gasteiger partial charge on any atom is -0.497 e. The van der Waals surface area contributed by atoms with Crippen molar-refractivity contribution in [1.29, 1.82) is 0 Å². The van der Waals surface area contributed by atoms with Gasteiger partial charge >= 0.3 is 24.3 Å². The highest BCUT2D eigenvalue weighted by Gasteiger charge is 2.39. The molecular weight excluding hydrogens is 604 g/mol. The second-order valence-electron chi connectivity index (χ2n) is 9.79. The number of aliphatic carboxylic acids is 2. The number of hydrogen-bond acceptors (Lipinski definition) is 8.